The maximum absolute atomic E-state index is 12.3. The van der Waals surface area contributed by atoms with Crippen LogP contribution >= 0.6 is 11.6 Å². The summed E-state index contributed by atoms with van der Waals surface area (Å²) >= 11 is 6.50. The van der Waals surface area contributed by atoms with Gasteiger partial charge in [-0.25, -0.2) is 14.5 Å². The van der Waals surface area contributed by atoms with Gasteiger partial charge in [-0.3, -0.25) is 10.1 Å². The Kier molecular flexibility index (Phi) is 4.93. The fraction of sp³-hybridized carbons (Fsp3) is 0.0952. The van der Waals surface area contributed by atoms with Crippen LogP contribution in [-0.2, 0) is 9.53 Å². The van der Waals surface area contributed by atoms with Gasteiger partial charge in [0.25, 0.3) is 5.69 Å². The molecule has 9 heteroatoms. The molecule has 2 heterocycles. The summed E-state index contributed by atoms with van der Waals surface area (Å²) in [6, 6.07) is 13.9. The number of para-hydroxylation sites is 1. The number of ether oxygens (including phenoxy) is 1. The number of benzene rings is 2. The van der Waals surface area contributed by atoms with Crippen LogP contribution in [0.1, 0.15) is 22.4 Å². The van der Waals surface area contributed by atoms with Crippen LogP contribution in [0.15, 0.2) is 59.2 Å². The van der Waals surface area contributed by atoms with E-state index >= 15 is 0 Å². The van der Waals surface area contributed by atoms with Crippen molar-refractivity contribution in [2.24, 2.45) is 4.99 Å². The summed E-state index contributed by atoms with van der Waals surface area (Å²) in [5, 5.41) is 15.9. The molecule has 0 atom stereocenters. The van der Waals surface area contributed by atoms with Gasteiger partial charge < -0.3 is 4.74 Å². The molecule has 150 valence electrons. The molecule has 0 unspecified atom stereocenters. The fourth-order valence-corrected chi connectivity index (χ4v) is 3.35. The molecule has 0 spiro atoms. The van der Waals surface area contributed by atoms with Gasteiger partial charge in [0.15, 0.2) is 5.70 Å². The van der Waals surface area contributed by atoms with Crippen LogP contribution in [0.2, 0.25) is 5.15 Å². The molecule has 3 aromatic rings. The molecule has 0 radical (unpaired) electrons. The van der Waals surface area contributed by atoms with Crippen molar-refractivity contribution in [2.45, 2.75) is 13.8 Å². The third-order valence-corrected chi connectivity index (χ3v) is 4.97. The van der Waals surface area contributed by atoms with Gasteiger partial charge in [0, 0.05) is 22.8 Å². The highest BCUT2D eigenvalue weighted by molar-refractivity contribution is 6.31. The van der Waals surface area contributed by atoms with E-state index in [9.17, 15) is 14.9 Å². The summed E-state index contributed by atoms with van der Waals surface area (Å²) in [5.74, 6) is -0.672. The van der Waals surface area contributed by atoms with Crippen molar-refractivity contribution >= 4 is 35.2 Å². The molecule has 8 nitrogen and oxygen atoms in total. The minimum absolute atomic E-state index is 0.00132. The average Bonchev–Trinajstić information content (AvgIpc) is 3.23. The predicted octanol–water partition coefficient (Wildman–Crippen LogP) is 4.40. The summed E-state index contributed by atoms with van der Waals surface area (Å²) in [5.41, 5.74) is 2.72. The van der Waals surface area contributed by atoms with E-state index in [-0.39, 0.29) is 17.3 Å². The molecule has 4 rings (SSSR count). The highest BCUT2D eigenvalue weighted by atomic mass is 35.5. The Hall–Kier alpha value is -3.78. The summed E-state index contributed by atoms with van der Waals surface area (Å²) < 4.78 is 6.79. The van der Waals surface area contributed by atoms with Crippen molar-refractivity contribution in [1.82, 2.24) is 9.78 Å². The molecule has 0 saturated carbocycles. The number of aryl methyl sites for hydroxylation is 2. The zero-order valence-electron chi connectivity index (χ0n) is 16.0. The average molecular weight is 423 g/mol. The van der Waals surface area contributed by atoms with Crippen molar-refractivity contribution < 1.29 is 14.5 Å². The lowest BCUT2D eigenvalue weighted by atomic mass is 10.1. The lowest BCUT2D eigenvalue weighted by Gasteiger charge is -2.02. The number of halogens is 1. The first kappa shape index (κ1) is 19.5. The van der Waals surface area contributed by atoms with E-state index in [0.29, 0.717) is 27.5 Å². The van der Waals surface area contributed by atoms with Gasteiger partial charge >= 0.3 is 5.97 Å². The van der Waals surface area contributed by atoms with Gasteiger partial charge in [-0.2, -0.15) is 5.10 Å². The maximum atomic E-state index is 12.3. The van der Waals surface area contributed by atoms with E-state index in [1.54, 1.807) is 30.7 Å². The molecule has 0 aliphatic carbocycles. The largest absolute Gasteiger partial charge is 0.402 e. The Bertz CT molecular complexity index is 1250. The third-order valence-electron chi connectivity index (χ3n) is 4.60. The topological polar surface area (TPSA) is 99.6 Å². The van der Waals surface area contributed by atoms with Crippen molar-refractivity contribution in [3.05, 3.63) is 91.9 Å². The molecule has 0 amide bonds. The van der Waals surface area contributed by atoms with Crippen LogP contribution in [0, 0.1) is 24.0 Å². The lowest BCUT2D eigenvalue weighted by molar-refractivity contribution is -0.385. The van der Waals surface area contributed by atoms with E-state index < -0.39 is 10.9 Å². The van der Waals surface area contributed by atoms with Gasteiger partial charge in [-0.1, -0.05) is 35.9 Å². The number of aromatic nitrogens is 2. The number of nitro benzene ring substituents is 1. The van der Waals surface area contributed by atoms with Crippen LogP contribution in [0.4, 0.5) is 5.69 Å². The molecule has 1 aromatic heterocycles. The second-order valence-corrected chi connectivity index (χ2v) is 6.99. The normalized spacial score (nSPS) is 14.7. The summed E-state index contributed by atoms with van der Waals surface area (Å²) in [6.07, 6.45) is 1.50. The predicted molar refractivity (Wildman–Crippen MR) is 112 cm³/mol. The maximum Gasteiger partial charge on any atom is 0.363 e. The number of nitro groups is 1. The van der Waals surface area contributed by atoms with Crippen molar-refractivity contribution in [3.63, 3.8) is 0 Å². The Morgan fingerprint density at radius 2 is 1.90 bits per heavy atom. The zero-order chi connectivity index (χ0) is 21.4. The molecule has 30 heavy (non-hydrogen) atoms. The highest BCUT2D eigenvalue weighted by Crippen LogP contribution is 2.28. The third kappa shape index (κ3) is 3.48. The Morgan fingerprint density at radius 3 is 2.60 bits per heavy atom. The van der Waals surface area contributed by atoms with E-state index in [2.05, 4.69) is 10.1 Å². The Balaban J connectivity index is 1.73. The standard InChI is InChI=1S/C21H15ClN4O4/c1-12-8-9-14(10-18(12)26(28)29)20-23-17(21(27)30-20)11-16-13(2)24-25(19(16)22)15-6-4-3-5-7-15/h3-11H,1-2H3/b17-11-. The first-order chi connectivity index (χ1) is 14.3. The van der Waals surface area contributed by atoms with Crippen molar-refractivity contribution in [2.75, 3.05) is 0 Å². The van der Waals surface area contributed by atoms with Crippen LogP contribution < -0.4 is 0 Å². The number of cyclic esters (lactones) is 1. The molecule has 0 fully saturated rings. The van der Waals surface area contributed by atoms with Gasteiger partial charge in [0.05, 0.1) is 16.3 Å². The number of rotatable bonds is 4. The first-order valence-electron chi connectivity index (χ1n) is 8.93. The molecule has 0 saturated heterocycles. The molecular weight excluding hydrogens is 408 g/mol. The molecule has 0 bridgehead atoms. The van der Waals surface area contributed by atoms with Gasteiger partial charge in [-0.15, -0.1) is 0 Å². The molecule has 2 aromatic carbocycles. The Morgan fingerprint density at radius 1 is 1.17 bits per heavy atom. The van der Waals surface area contributed by atoms with E-state index in [0.717, 1.165) is 5.69 Å². The number of nitrogens with zero attached hydrogens (tertiary/aromatic N) is 4. The molecule has 0 N–H and O–H groups in total. The number of hydrogen-bond acceptors (Lipinski definition) is 6. The number of aliphatic imine (C=N–C) groups is 1. The van der Waals surface area contributed by atoms with Gasteiger partial charge in [-0.05, 0) is 38.1 Å². The number of esters is 1. The minimum atomic E-state index is -0.670. The molecular formula is C21H15ClN4O4. The molecule has 1 aliphatic rings. The SMILES string of the molecule is Cc1ccc(C2=N/C(=C\c3c(C)nn(-c4ccccc4)c3Cl)C(=O)O2)cc1[N+](=O)[O-]. The summed E-state index contributed by atoms with van der Waals surface area (Å²) in [6.45, 7) is 3.40. The van der Waals surface area contributed by atoms with E-state index in [1.807, 2.05) is 30.3 Å². The second kappa shape index (κ2) is 7.57. The quantitative estimate of drug-likeness (QED) is 0.268. The second-order valence-electron chi connectivity index (χ2n) is 6.63. The lowest BCUT2D eigenvalue weighted by Crippen LogP contribution is -2.06. The Labute approximate surface area is 176 Å². The number of carbonyl (C=O) groups is 1. The van der Waals surface area contributed by atoms with E-state index in [1.165, 1.54) is 12.1 Å². The summed E-state index contributed by atoms with van der Waals surface area (Å²) in [7, 11) is 0. The molecule has 1 aliphatic heterocycles. The van der Waals surface area contributed by atoms with Gasteiger partial charge in [0.1, 0.15) is 5.15 Å². The minimum Gasteiger partial charge on any atom is -0.402 e. The highest BCUT2D eigenvalue weighted by Gasteiger charge is 2.27. The van der Waals surface area contributed by atoms with Crippen LogP contribution in [0.25, 0.3) is 11.8 Å². The number of carbonyl (C=O) groups excluding carboxylic acids is 1. The van der Waals surface area contributed by atoms with Crippen LogP contribution in [0.5, 0.6) is 0 Å². The number of hydrogen-bond donors (Lipinski definition) is 0. The first-order valence-corrected chi connectivity index (χ1v) is 9.31. The van der Waals surface area contributed by atoms with Crippen molar-refractivity contribution in [1.29, 1.82) is 0 Å². The summed E-state index contributed by atoms with van der Waals surface area (Å²) in [4.78, 5) is 27.2. The fourth-order valence-electron chi connectivity index (χ4n) is 3.02. The van der Waals surface area contributed by atoms with Crippen molar-refractivity contribution in [3.8, 4) is 5.69 Å². The van der Waals surface area contributed by atoms with E-state index in [4.69, 9.17) is 16.3 Å². The van der Waals surface area contributed by atoms with Crippen LogP contribution in [-0.4, -0.2) is 26.6 Å². The van der Waals surface area contributed by atoms with Crippen LogP contribution in [0.3, 0.4) is 0 Å². The van der Waals surface area contributed by atoms with Gasteiger partial charge in [0.2, 0.25) is 5.90 Å². The smallest absolute Gasteiger partial charge is 0.363 e. The zero-order valence-corrected chi connectivity index (χ0v) is 16.8. The monoisotopic (exact) mass is 422 g/mol.